The van der Waals surface area contributed by atoms with Crippen LogP contribution in [0, 0.1) is 0 Å². The van der Waals surface area contributed by atoms with Crippen LogP contribution in [0.25, 0.3) is 10.8 Å². The maximum absolute atomic E-state index is 13.2. The molecule has 0 bridgehead atoms. The van der Waals surface area contributed by atoms with Gasteiger partial charge in [-0.25, -0.2) is 4.98 Å². The fourth-order valence-corrected chi connectivity index (χ4v) is 4.21. The third-order valence-corrected chi connectivity index (χ3v) is 5.66. The number of aromatic nitrogens is 2. The molecule has 0 radical (unpaired) electrons. The van der Waals surface area contributed by atoms with Gasteiger partial charge in [-0.2, -0.15) is 13.2 Å². The molecule has 0 spiro atoms. The van der Waals surface area contributed by atoms with Crippen LogP contribution < -0.4 is 4.90 Å². The Bertz CT molecular complexity index is 1270. The van der Waals surface area contributed by atoms with E-state index in [0.29, 0.717) is 18.7 Å². The standard InChI is InChI=1S/C25H21F3N4/c26-25(27,28)20-8-1-5-18(15-20)16-32-22-10-3-7-19-6-2-9-21(23(19)22)24(32)30-11-4-13-31-14-12-29-17-31/h1-3,5-10,12,14-15,17H,4,11,13,16H2. The fraction of sp³-hybridized carbons (Fsp3) is 0.200. The molecule has 1 aliphatic heterocycles. The van der Waals surface area contributed by atoms with Crippen molar-refractivity contribution in [3.05, 3.63) is 96.1 Å². The summed E-state index contributed by atoms with van der Waals surface area (Å²) in [5.41, 5.74) is 1.95. The molecule has 7 heteroatoms. The lowest BCUT2D eigenvalue weighted by Crippen LogP contribution is -2.27. The topological polar surface area (TPSA) is 33.4 Å². The second kappa shape index (κ2) is 8.15. The number of alkyl halides is 3. The van der Waals surface area contributed by atoms with Crippen LogP contribution in [0.3, 0.4) is 0 Å². The minimum atomic E-state index is -4.37. The molecule has 0 saturated carbocycles. The van der Waals surface area contributed by atoms with Gasteiger partial charge >= 0.3 is 6.18 Å². The number of halogens is 3. The lowest BCUT2D eigenvalue weighted by molar-refractivity contribution is -0.137. The highest BCUT2D eigenvalue weighted by Gasteiger charge is 2.31. The first-order valence-electron chi connectivity index (χ1n) is 10.5. The van der Waals surface area contributed by atoms with Crippen LogP contribution in [-0.4, -0.2) is 21.9 Å². The van der Waals surface area contributed by atoms with Crippen molar-refractivity contribution >= 4 is 22.3 Å². The van der Waals surface area contributed by atoms with E-state index in [-0.39, 0.29) is 0 Å². The Balaban J connectivity index is 1.47. The van der Waals surface area contributed by atoms with Crippen LogP contribution in [0.5, 0.6) is 0 Å². The number of aryl methyl sites for hydroxylation is 1. The van der Waals surface area contributed by atoms with Crippen LogP contribution in [0.15, 0.2) is 84.4 Å². The predicted octanol–water partition coefficient (Wildman–Crippen LogP) is 5.91. The molecule has 0 atom stereocenters. The summed E-state index contributed by atoms with van der Waals surface area (Å²) in [4.78, 5) is 11.0. The van der Waals surface area contributed by atoms with Crippen molar-refractivity contribution in [3.8, 4) is 0 Å². The molecule has 2 heterocycles. The number of amidine groups is 1. The highest BCUT2D eigenvalue weighted by Crippen LogP contribution is 2.39. The molecule has 0 aliphatic carbocycles. The fourth-order valence-electron chi connectivity index (χ4n) is 4.21. The number of rotatable bonds is 6. The Kier molecular flexibility index (Phi) is 5.17. The first-order chi connectivity index (χ1) is 15.5. The van der Waals surface area contributed by atoms with Gasteiger partial charge in [0.05, 0.1) is 17.6 Å². The SMILES string of the molecule is FC(F)(F)c1cccc(CN2C(=NCCCn3ccnc3)c3cccc4cccc2c34)c1. The number of hydrogen-bond acceptors (Lipinski definition) is 2. The van der Waals surface area contributed by atoms with Crippen molar-refractivity contribution < 1.29 is 13.2 Å². The van der Waals surface area contributed by atoms with Crippen LogP contribution in [0.4, 0.5) is 18.9 Å². The van der Waals surface area contributed by atoms with Crippen molar-refractivity contribution in [2.24, 2.45) is 4.99 Å². The van der Waals surface area contributed by atoms with Gasteiger partial charge in [-0.3, -0.25) is 4.99 Å². The average molecular weight is 434 g/mol. The average Bonchev–Trinajstić information content (AvgIpc) is 3.40. The summed E-state index contributed by atoms with van der Waals surface area (Å²) in [6.07, 6.45) is 1.91. The second-order valence-corrected chi connectivity index (χ2v) is 7.82. The van der Waals surface area contributed by atoms with Crippen molar-refractivity contribution in [1.82, 2.24) is 9.55 Å². The second-order valence-electron chi connectivity index (χ2n) is 7.82. The third kappa shape index (κ3) is 3.86. The lowest BCUT2D eigenvalue weighted by atomic mass is 10.1. The number of imidazole rings is 1. The molecule has 0 amide bonds. The molecular formula is C25H21F3N4. The Morgan fingerprint density at radius 3 is 2.56 bits per heavy atom. The van der Waals surface area contributed by atoms with Gasteiger partial charge < -0.3 is 9.47 Å². The summed E-state index contributed by atoms with van der Waals surface area (Å²) in [6.45, 7) is 1.73. The summed E-state index contributed by atoms with van der Waals surface area (Å²) in [5, 5.41) is 2.19. The van der Waals surface area contributed by atoms with E-state index in [2.05, 4.69) is 4.98 Å². The summed E-state index contributed by atoms with van der Waals surface area (Å²) in [7, 11) is 0. The van der Waals surface area contributed by atoms with Crippen LogP contribution in [-0.2, 0) is 19.3 Å². The first-order valence-corrected chi connectivity index (χ1v) is 10.5. The van der Waals surface area contributed by atoms with Gasteiger partial charge in [-0.05, 0) is 35.6 Å². The minimum Gasteiger partial charge on any atom is -0.337 e. The number of benzene rings is 3. The van der Waals surface area contributed by atoms with E-state index in [4.69, 9.17) is 4.99 Å². The first kappa shape index (κ1) is 20.3. The zero-order chi connectivity index (χ0) is 22.1. The Morgan fingerprint density at radius 1 is 0.969 bits per heavy atom. The zero-order valence-electron chi connectivity index (χ0n) is 17.3. The molecule has 1 aromatic heterocycles. The van der Waals surface area contributed by atoms with Gasteiger partial charge in [0.15, 0.2) is 0 Å². The summed E-state index contributed by atoms with van der Waals surface area (Å²) in [5.74, 6) is 0.805. The van der Waals surface area contributed by atoms with Crippen LogP contribution in [0.1, 0.15) is 23.1 Å². The van der Waals surface area contributed by atoms with Gasteiger partial charge in [0.1, 0.15) is 5.84 Å². The minimum absolute atomic E-state index is 0.318. The molecule has 0 N–H and O–H groups in total. The maximum Gasteiger partial charge on any atom is 0.416 e. The number of hydrogen-bond donors (Lipinski definition) is 0. The molecule has 162 valence electrons. The van der Waals surface area contributed by atoms with E-state index >= 15 is 0 Å². The molecule has 32 heavy (non-hydrogen) atoms. The van der Waals surface area contributed by atoms with Crippen molar-refractivity contribution in [3.63, 3.8) is 0 Å². The highest BCUT2D eigenvalue weighted by atomic mass is 19.4. The smallest absolute Gasteiger partial charge is 0.337 e. The normalized spacial score (nSPS) is 14.6. The van der Waals surface area contributed by atoms with Crippen LogP contribution >= 0.6 is 0 Å². The molecule has 5 rings (SSSR count). The van der Waals surface area contributed by atoms with Gasteiger partial charge in [0, 0.05) is 43.0 Å². The van der Waals surface area contributed by atoms with E-state index in [0.717, 1.165) is 46.9 Å². The molecule has 4 aromatic rings. The number of aliphatic imine (C=N–C) groups is 1. The van der Waals surface area contributed by atoms with Gasteiger partial charge in [-0.1, -0.05) is 42.5 Å². The molecule has 0 saturated heterocycles. The van der Waals surface area contributed by atoms with Gasteiger partial charge in [0.25, 0.3) is 0 Å². The molecule has 1 aliphatic rings. The Labute approximate surface area is 183 Å². The highest BCUT2D eigenvalue weighted by molar-refractivity contribution is 6.27. The van der Waals surface area contributed by atoms with Crippen molar-refractivity contribution in [2.75, 3.05) is 11.4 Å². The third-order valence-electron chi connectivity index (χ3n) is 5.66. The van der Waals surface area contributed by atoms with E-state index in [1.165, 1.54) is 12.1 Å². The predicted molar refractivity (Wildman–Crippen MR) is 120 cm³/mol. The monoisotopic (exact) mass is 434 g/mol. The molecular weight excluding hydrogens is 413 g/mol. The van der Waals surface area contributed by atoms with Crippen molar-refractivity contribution in [2.45, 2.75) is 25.7 Å². The largest absolute Gasteiger partial charge is 0.416 e. The van der Waals surface area contributed by atoms with E-state index in [1.54, 1.807) is 18.6 Å². The Morgan fingerprint density at radius 2 is 1.78 bits per heavy atom. The number of anilines is 1. The van der Waals surface area contributed by atoms with Gasteiger partial charge in [0.2, 0.25) is 0 Å². The van der Waals surface area contributed by atoms with Gasteiger partial charge in [-0.15, -0.1) is 0 Å². The quantitative estimate of drug-likeness (QED) is 0.354. The maximum atomic E-state index is 13.2. The van der Waals surface area contributed by atoms with E-state index < -0.39 is 11.7 Å². The lowest BCUT2D eigenvalue weighted by Gasteiger charge is -2.22. The molecule has 3 aromatic carbocycles. The summed E-state index contributed by atoms with van der Waals surface area (Å²) < 4.78 is 41.7. The van der Waals surface area contributed by atoms with Crippen molar-refractivity contribution in [1.29, 1.82) is 0 Å². The van der Waals surface area contributed by atoms with E-state index in [9.17, 15) is 13.2 Å². The van der Waals surface area contributed by atoms with Crippen LogP contribution in [0.2, 0.25) is 0 Å². The molecule has 0 unspecified atom stereocenters. The molecule has 4 nitrogen and oxygen atoms in total. The Hall–Kier alpha value is -3.61. The summed E-state index contributed by atoms with van der Waals surface area (Å²) in [6, 6.07) is 17.6. The summed E-state index contributed by atoms with van der Waals surface area (Å²) >= 11 is 0. The number of nitrogens with zero attached hydrogens (tertiary/aromatic N) is 4. The van der Waals surface area contributed by atoms with E-state index in [1.807, 2.05) is 52.1 Å². The molecule has 0 fully saturated rings. The zero-order valence-corrected chi connectivity index (χ0v) is 17.3.